The largest absolute Gasteiger partial charge is 0.478 e. The number of benzene rings is 4. The Morgan fingerprint density at radius 2 is 0.875 bits per heavy atom. The van der Waals surface area contributed by atoms with Crippen LogP contribution in [0, 0.1) is 0 Å². The zero-order valence-electron chi connectivity index (χ0n) is 24.3. The summed E-state index contributed by atoms with van der Waals surface area (Å²) >= 11 is 0. The van der Waals surface area contributed by atoms with Crippen LogP contribution in [0.3, 0.4) is 0 Å². The van der Waals surface area contributed by atoms with E-state index in [2.05, 4.69) is 9.97 Å². The van der Waals surface area contributed by atoms with Crippen molar-refractivity contribution in [3.8, 4) is 45.6 Å². The summed E-state index contributed by atoms with van der Waals surface area (Å²) in [4.78, 5) is 60.3. The van der Waals surface area contributed by atoms with E-state index in [4.69, 9.17) is 29.9 Å². The summed E-state index contributed by atoms with van der Waals surface area (Å²) in [7, 11) is 0. The maximum atomic E-state index is 12.6. The third-order valence-corrected chi connectivity index (χ3v) is 8.16. The summed E-state index contributed by atoms with van der Waals surface area (Å²) < 4.78 is 0. The minimum absolute atomic E-state index is 0. The van der Waals surface area contributed by atoms with Gasteiger partial charge in [-0.1, -0.05) is 72.8 Å². The van der Waals surface area contributed by atoms with Gasteiger partial charge in [0.25, 0.3) is 0 Å². The molecule has 0 unspecified atom stereocenters. The van der Waals surface area contributed by atoms with Crippen LogP contribution in [-0.4, -0.2) is 67.5 Å². The standard InChI is InChI=1S/C34H18N8O4.Co.H2O/c43-33(44)22-14-13-21-23(24(22)34(45)46)32-41-30-20-12-6-5-11-19(20)28(39-30)37-26-16-8-2-1-7-15(16)25(35-26)36-27-17-9-3-4-10-18(17)29(38-27)40-31(21)42-32;;/h1-14H,(H,43,44)(H,45,46)(H2,35,36,37,38,39,40,41,42);;1H2. The number of aromatic nitrogens is 8. The Morgan fingerprint density at radius 1 is 0.479 bits per heavy atom. The van der Waals surface area contributed by atoms with E-state index in [0.29, 0.717) is 39.7 Å². The maximum absolute atomic E-state index is 12.6. The first-order valence-corrected chi connectivity index (χ1v) is 14.2. The topological polar surface area (TPSA) is 215 Å². The first-order chi connectivity index (χ1) is 22.4. The molecular formula is C34H20CoN8O5. The molecule has 1 radical (unpaired) electrons. The summed E-state index contributed by atoms with van der Waals surface area (Å²) in [5.41, 5.74) is 3.54. The Morgan fingerprint density at radius 3 is 1.31 bits per heavy atom. The normalized spacial score (nSPS) is 11.3. The summed E-state index contributed by atoms with van der Waals surface area (Å²) in [5.74, 6) is -1.36. The predicted molar refractivity (Wildman–Crippen MR) is 174 cm³/mol. The Kier molecular flexibility index (Phi) is 7.05. The molecule has 0 saturated heterocycles. The predicted octanol–water partition coefficient (Wildman–Crippen LogP) is 5.44. The van der Waals surface area contributed by atoms with Crippen molar-refractivity contribution in [2.45, 2.75) is 0 Å². The fraction of sp³-hybridized carbons (Fsp3) is 0. The van der Waals surface area contributed by atoms with Crippen molar-refractivity contribution in [1.29, 1.82) is 0 Å². The number of aromatic carboxylic acids is 2. The van der Waals surface area contributed by atoms with Crippen LogP contribution in [0.1, 0.15) is 20.7 Å². The number of hydrogen-bond donors (Lipinski definition) is 4. The van der Waals surface area contributed by atoms with Crippen LogP contribution in [0.5, 0.6) is 0 Å². The fourth-order valence-corrected chi connectivity index (χ4v) is 6.13. The minimum atomic E-state index is -1.42. The zero-order chi connectivity index (χ0) is 31.1. The van der Waals surface area contributed by atoms with E-state index in [-0.39, 0.29) is 50.3 Å². The van der Waals surface area contributed by atoms with Crippen molar-refractivity contribution in [3.63, 3.8) is 0 Å². The number of aromatic amines is 2. The molecule has 235 valence electrons. The second-order valence-electron chi connectivity index (χ2n) is 10.8. The third kappa shape index (κ3) is 4.43. The van der Waals surface area contributed by atoms with Crippen molar-refractivity contribution in [1.82, 2.24) is 39.9 Å². The molecule has 0 amide bonds. The molecular weight excluding hydrogens is 659 g/mol. The van der Waals surface area contributed by atoms with Gasteiger partial charge in [-0.15, -0.1) is 0 Å². The van der Waals surface area contributed by atoms with Gasteiger partial charge in [0.05, 0.1) is 11.1 Å². The Balaban J connectivity index is 0.00000182. The van der Waals surface area contributed by atoms with Gasteiger partial charge in [0.2, 0.25) is 0 Å². The van der Waals surface area contributed by atoms with E-state index in [1.165, 1.54) is 12.1 Å². The van der Waals surface area contributed by atoms with Gasteiger partial charge >= 0.3 is 11.9 Å². The van der Waals surface area contributed by atoms with E-state index >= 15 is 0 Å². The van der Waals surface area contributed by atoms with Crippen LogP contribution in [0.25, 0.3) is 89.7 Å². The number of rotatable bonds is 2. The molecule has 2 aliphatic heterocycles. The van der Waals surface area contributed by atoms with E-state index in [1.54, 1.807) is 0 Å². The number of nitrogens with zero attached hydrogens (tertiary/aromatic N) is 6. The molecule has 6 N–H and O–H groups in total. The molecule has 0 aliphatic carbocycles. The summed E-state index contributed by atoms with van der Waals surface area (Å²) in [6.45, 7) is 0. The van der Waals surface area contributed by atoms with Gasteiger partial charge in [-0.2, -0.15) is 0 Å². The van der Waals surface area contributed by atoms with Gasteiger partial charge in [0.1, 0.15) is 22.6 Å². The molecule has 2 aliphatic rings. The second kappa shape index (κ2) is 11.2. The molecule has 0 fully saturated rings. The van der Waals surface area contributed by atoms with Crippen molar-refractivity contribution in [2.75, 3.05) is 0 Å². The first-order valence-electron chi connectivity index (χ1n) is 14.2. The average molecular weight is 680 g/mol. The monoisotopic (exact) mass is 679 g/mol. The average Bonchev–Trinajstić information content (AvgIpc) is 3.80. The van der Waals surface area contributed by atoms with Gasteiger partial charge in [0.15, 0.2) is 23.3 Å². The Bertz CT molecular complexity index is 2680. The number of nitrogens with one attached hydrogen (secondary N) is 2. The summed E-state index contributed by atoms with van der Waals surface area (Å²) in [6, 6.07) is 25.5. The molecule has 0 spiro atoms. The van der Waals surface area contributed by atoms with Crippen molar-refractivity contribution in [3.05, 3.63) is 96.1 Å². The number of carbonyl (C=O) groups is 2. The SMILES string of the molecule is O.O=C(O)c1ccc2c3nc4nc(nc5[nH]c(nc6nc(nc([nH]3)c2c1C(=O)O)-c1ccccc1-6)c1ccccc51)-c1ccccc1-4.[Co]. The zero-order valence-corrected chi connectivity index (χ0v) is 25.4. The molecule has 7 aromatic rings. The molecule has 13 nitrogen and oxygen atoms in total. The van der Waals surface area contributed by atoms with Gasteiger partial charge in [0, 0.05) is 60.6 Å². The van der Waals surface area contributed by atoms with Crippen LogP contribution in [0.2, 0.25) is 0 Å². The smallest absolute Gasteiger partial charge is 0.337 e. The summed E-state index contributed by atoms with van der Waals surface area (Å²) in [6.07, 6.45) is 0. The number of hydrogen-bond acceptors (Lipinski definition) is 8. The number of H-pyrrole nitrogens is 2. The Hall–Kier alpha value is -6.35. The number of carboxylic acids is 2. The molecule has 0 saturated carbocycles. The van der Waals surface area contributed by atoms with Gasteiger partial charge < -0.3 is 25.7 Å². The van der Waals surface area contributed by atoms with E-state index in [1.807, 2.05) is 72.8 Å². The van der Waals surface area contributed by atoms with E-state index in [9.17, 15) is 19.8 Å². The molecule has 48 heavy (non-hydrogen) atoms. The van der Waals surface area contributed by atoms with Crippen molar-refractivity contribution in [2.24, 2.45) is 0 Å². The van der Waals surface area contributed by atoms with Crippen LogP contribution >= 0.6 is 0 Å². The number of fused-ring (bicyclic) bond motifs is 20. The van der Waals surface area contributed by atoms with Gasteiger partial charge in [-0.25, -0.2) is 39.5 Å². The third-order valence-electron chi connectivity index (χ3n) is 8.16. The maximum Gasteiger partial charge on any atom is 0.337 e. The molecule has 0 atom stereocenters. The fourth-order valence-electron chi connectivity index (χ4n) is 6.13. The molecule has 4 aromatic carbocycles. The first kappa shape index (κ1) is 30.3. The molecule has 8 bridgehead atoms. The minimum Gasteiger partial charge on any atom is -0.478 e. The quantitative estimate of drug-likeness (QED) is 0.181. The van der Waals surface area contributed by atoms with Crippen LogP contribution in [0.4, 0.5) is 0 Å². The number of carboxylic acid groups (broad SMARTS) is 2. The molecule has 14 heteroatoms. The summed E-state index contributed by atoms with van der Waals surface area (Å²) in [5, 5.41) is 22.3. The van der Waals surface area contributed by atoms with Crippen LogP contribution in [-0.2, 0) is 16.8 Å². The van der Waals surface area contributed by atoms with Crippen LogP contribution in [0.15, 0.2) is 84.9 Å². The second-order valence-corrected chi connectivity index (χ2v) is 10.8. The van der Waals surface area contributed by atoms with Crippen molar-refractivity contribution < 1.29 is 42.1 Å². The van der Waals surface area contributed by atoms with Gasteiger partial charge in [-0.3, -0.25) is 0 Å². The van der Waals surface area contributed by atoms with E-state index < -0.39 is 17.5 Å². The Labute approximate surface area is 279 Å². The molecule has 5 heterocycles. The molecule has 3 aromatic heterocycles. The van der Waals surface area contributed by atoms with E-state index in [0.717, 1.165) is 27.5 Å². The van der Waals surface area contributed by atoms with Crippen molar-refractivity contribution >= 4 is 56.1 Å². The van der Waals surface area contributed by atoms with Gasteiger partial charge in [-0.05, 0) is 12.1 Å². The molecule has 9 rings (SSSR count). The van der Waals surface area contributed by atoms with Crippen LogP contribution < -0.4 is 0 Å².